The van der Waals surface area contributed by atoms with Crippen molar-refractivity contribution in [1.82, 2.24) is 14.9 Å². The van der Waals surface area contributed by atoms with E-state index in [1.54, 1.807) is 60.9 Å². The van der Waals surface area contributed by atoms with Gasteiger partial charge < -0.3 is 25.3 Å². The van der Waals surface area contributed by atoms with Crippen LogP contribution in [0.3, 0.4) is 0 Å². The number of carbonyl (C=O) groups is 3. The molecule has 0 aliphatic heterocycles. The number of pyridine rings is 1. The lowest BCUT2D eigenvalue weighted by molar-refractivity contribution is -0.141. The Balaban J connectivity index is 1.54. The third-order valence-corrected chi connectivity index (χ3v) is 6.56. The number of hydrogen-bond acceptors (Lipinski definition) is 5. The van der Waals surface area contributed by atoms with Crippen LogP contribution < -0.4 is 16.0 Å². The summed E-state index contributed by atoms with van der Waals surface area (Å²) in [5.74, 6) is -1.36. The highest BCUT2D eigenvalue weighted by molar-refractivity contribution is 6.34. The van der Waals surface area contributed by atoms with Crippen LogP contribution in [0.15, 0.2) is 60.8 Å². The molecule has 0 unspecified atom stereocenters. The number of hydrogen-bond donors (Lipinski definition) is 3. The Bertz CT molecular complexity index is 1640. The molecule has 0 atom stereocenters. The summed E-state index contributed by atoms with van der Waals surface area (Å²) < 4.78 is 45.3. The summed E-state index contributed by atoms with van der Waals surface area (Å²) in [4.78, 5) is 41.4. The van der Waals surface area contributed by atoms with Gasteiger partial charge in [-0.3, -0.25) is 14.4 Å². The summed E-state index contributed by atoms with van der Waals surface area (Å²) in [6, 6.07) is 13.4. The Morgan fingerprint density at radius 3 is 2.33 bits per heavy atom. The van der Waals surface area contributed by atoms with Gasteiger partial charge in [0.05, 0.1) is 28.0 Å². The van der Waals surface area contributed by atoms with E-state index in [0.717, 1.165) is 18.3 Å². The Morgan fingerprint density at radius 2 is 1.69 bits per heavy atom. The summed E-state index contributed by atoms with van der Waals surface area (Å²) in [6.45, 7) is 3.81. The van der Waals surface area contributed by atoms with E-state index >= 15 is 0 Å². The largest absolute Gasteiger partial charge is 0.433 e. The van der Waals surface area contributed by atoms with E-state index in [2.05, 4.69) is 20.9 Å². The Labute approximate surface area is 244 Å². The third-order valence-electron chi connectivity index (χ3n) is 6.23. The molecule has 3 amide bonds. The number of rotatable bonds is 9. The number of amides is 3. The van der Waals surface area contributed by atoms with Crippen molar-refractivity contribution in [3.63, 3.8) is 0 Å². The molecule has 2 heterocycles. The Morgan fingerprint density at radius 1 is 0.976 bits per heavy atom. The van der Waals surface area contributed by atoms with Gasteiger partial charge in [-0.2, -0.15) is 13.2 Å². The van der Waals surface area contributed by atoms with E-state index in [1.165, 1.54) is 7.11 Å². The average Bonchev–Trinajstić information content (AvgIpc) is 3.30. The normalized spacial score (nSPS) is 11.5. The van der Waals surface area contributed by atoms with E-state index < -0.39 is 23.7 Å². The molecule has 4 rings (SSSR count). The number of carbonyl (C=O) groups excluding carboxylic acids is 3. The van der Waals surface area contributed by atoms with E-state index in [1.807, 2.05) is 0 Å². The second-order valence-corrected chi connectivity index (χ2v) is 10.1. The van der Waals surface area contributed by atoms with Crippen LogP contribution in [0, 0.1) is 5.92 Å². The van der Waals surface area contributed by atoms with Crippen molar-refractivity contribution < 1.29 is 32.3 Å². The second-order valence-electron chi connectivity index (χ2n) is 9.67. The molecule has 2 aromatic carbocycles. The summed E-state index contributed by atoms with van der Waals surface area (Å²) >= 11 is 6.29. The van der Waals surface area contributed by atoms with Crippen molar-refractivity contribution in [3.05, 3.63) is 88.3 Å². The molecule has 4 aromatic rings. The van der Waals surface area contributed by atoms with Gasteiger partial charge in [0.2, 0.25) is 5.91 Å². The molecule has 0 radical (unpaired) electrons. The van der Waals surface area contributed by atoms with Crippen molar-refractivity contribution in [1.29, 1.82) is 0 Å². The number of nitrogens with zero attached hydrogens (tertiary/aromatic N) is 2. The lowest BCUT2D eigenvalue weighted by atomic mass is 10.1. The van der Waals surface area contributed by atoms with Crippen molar-refractivity contribution in [2.75, 3.05) is 17.7 Å². The van der Waals surface area contributed by atoms with Crippen LogP contribution in [-0.2, 0) is 29.0 Å². The number of aromatic nitrogens is 2. The molecular formula is C29H27ClF3N5O4. The molecule has 42 heavy (non-hydrogen) atoms. The molecule has 0 spiro atoms. The summed E-state index contributed by atoms with van der Waals surface area (Å²) in [6.07, 6.45) is -3.67. The van der Waals surface area contributed by atoms with Crippen molar-refractivity contribution in [2.45, 2.75) is 33.3 Å². The molecule has 220 valence electrons. The van der Waals surface area contributed by atoms with Crippen LogP contribution in [0.5, 0.6) is 0 Å². The fourth-order valence-electron chi connectivity index (χ4n) is 4.08. The summed E-state index contributed by atoms with van der Waals surface area (Å²) in [5, 5.41) is 8.96. The fourth-order valence-corrected chi connectivity index (χ4v) is 4.29. The number of halogens is 4. The molecule has 0 aliphatic rings. The Kier molecular flexibility index (Phi) is 9.17. The monoisotopic (exact) mass is 601 g/mol. The first-order valence-electron chi connectivity index (χ1n) is 12.7. The quantitative estimate of drug-likeness (QED) is 0.215. The number of alkyl halides is 3. The minimum atomic E-state index is -4.60. The second kappa shape index (κ2) is 12.6. The summed E-state index contributed by atoms with van der Waals surface area (Å²) in [5.41, 5.74) is 1.14. The fraction of sp³-hybridized carbons (Fsp3) is 0.241. The van der Waals surface area contributed by atoms with Gasteiger partial charge in [-0.1, -0.05) is 31.5 Å². The standard InChI is InChI=1S/C29H27ClF3N5O4/c1-16(2)26(39)35-13-17-4-7-22(30)21(10-17)27(40)36-19-5-8-23-18(11-19)12-24(38(23)15-42-3)28(41)37-20-6-9-25(34-14-20)29(31,32)33/h4-12,14,16H,13,15H2,1-3H3,(H,35,39)(H,36,40)(H,37,41). The SMILES string of the molecule is COCn1c(C(=O)Nc2ccc(C(F)(F)F)nc2)cc2cc(NC(=O)c3cc(CNC(=O)C(C)C)ccc3Cl)ccc21. The van der Waals surface area contributed by atoms with Gasteiger partial charge in [0.1, 0.15) is 18.1 Å². The molecule has 2 aromatic heterocycles. The molecule has 0 aliphatic carbocycles. The highest BCUT2D eigenvalue weighted by atomic mass is 35.5. The maximum absolute atomic E-state index is 13.1. The van der Waals surface area contributed by atoms with E-state index in [-0.39, 0.29) is 47.1 Å². The van der Waals surface area contributed by atoms with E-state index in [9.17, 15) is 27.6 Å². The maximum Gasteiger partial charge on any atom is 0.433 e. The molecule has 0 bridgehead atoms. The predicted molar refractivity (Wildman–Crippen MR) is 152 cm³/mol. The Hall–Kier alpha value is -4.42. The molecule has 0 saturated heterocycles. The van der Waals surface area contributed by atoms with Crippen LogP contribution in [0.1, 0.15) is 46.0 Å². The number of anilines is 2. The first-order chi connectivity index (χ1) is 19.9. The molecule has 13 heteroatoms. The van der Waals surface area contributed by atoms with Gasteiger partial charge in [-0.05, 0) is 54.1 Å². The highest BCUT2D eigenvalue weighted by Crippen LogP contribution is 2.29. The number of fused-ring (bicyclic) bond motifs is 1. The van der Waals surface area contributed by atoms with Crippen molar-refractivity contribution in [3.8, 4) is 0 Å². The first-order valence-corrected chi connectivity index (χ1v) is 13.1. The zero-order chi connectivity index (χ0) is 30.6. The number of benzene rings is 2. The van der Waals surface area contributed by atoms with Gasteiger partial charge in [0.25, 0.3) is 11.8 Å². The zero-order valence-corrected chi connectivity index (χ0v) is 23.6. The lowest BCUT2D eigenvalue weighted by Gasteiger charge is -2.12. The van der Waals surface area contributed by atoms with E-state index in [0.29, 0.717) is 22.2 Å². The third kappa shape index (κ3) is 7.07. The molecule has 9 nitrogen and oxygen atoms in total. The van der Waals surface area contributed by atoms with Crippen LogP contribution in [0.2, 0.25) is 5.02 Å². The smallest absolute Gasteiger partial charge is 0.364 e. The van der Waals surface area contributed by atoms with Gasteiger partial charge in [-0.25, -0.2) is 4.98 Å². The number of ether oxygens (including phenoxy) is 1. The average molecular weight is 602 g/mol. The van der Waals surface area contributed by atoms with E-state index in [4.69, 9.17) is 16.3 Å². The minimum Gasteiger partial charge on any atom is -0.364 e. The van der Waals surface area contributed by atoms with Gasteiger partial charge in [-0.15, -0.1) is 0 Å². The maximum atomic E-state index is 13.1. The summed E-state index contributed by atoms with van der Waals surface area (Å²) in [7, 11) is 1.45. The number of methoxy groups -OCH3 is 1. The zero-order valence-electron chi connectivity index (χ0n) is 22.8. The minimum absolute atomic E-state index is 0.0129. The van der Waals surface area contributed by atoms with Crippen LogP contribution in [0.25, 0.3) is 10.9 Å². The predicted octanol–water partition coefficient (Wildman–Crippen LogP) is 6.09. The van der Waals surface area contributed by atoms with Gasteiger partial charge in [0, 0.05) is 30.6 Å². The van der Waals surface area contributed by atoms with Crippen LogP contribution in [0.4, 0.5) is 24.5 Å². The van der Waals surface area contributed by atoms with Gasteiger partial charge >= 0.3 is 6.18 Å². The van der Waals surface area contributed by atoms with Crippen LogP contribution >= 0.6 is 11.6 Å². The van der Waals surface area contributed by atoms with Crippen LogP contribution in [-0.4, -0.2) is 34.4 Å². The van der Waals surface area contributed by atoms with Crippen molar-refractivity contribution in [2.24, 2.45) is 5.92 Å². The molecule has 0 saturated carbocycles. The lowest BCUT2D eigenvalue weighted by Crippen LogP contribution is -2.27. The first kappa shape index (κ1) is 30.5. The highest BCUT2D eigenvalue weighted by Gasteiger charge is 2.32. The number of nitrogens with one attached hydrogen (secondary N) is 3. The van der Waals surface area contributed by atoms with Gasteiger partial charge in [0.15, 0.2) is 0 Å². The molecule has 3 N–H and O–H groups in total. The molecular weight excluding hydrogens is 575 g/mol. The molecule has 0 fully saturated rings. The topological polar surface area (TPSA) is 114 Å². The van der Waals surface area contributed by atoms with Crippen molar-refractivity contribution >= 4 is 51.6 Å².